The van der Waals surface area contributed by atoms with Crippen molar-refractivity contribution in [3.63, 3.8) is 0 Å². The van der Waals surface area contributed by atoms with Crippen molar-refractivity contribution < 1.29 is 4.79 Å². The molecule has 0 aliphatic carbocycles. The average molecular weight is 353 g/mol. The Morgan fingerprint density at radius 3 is 2.46 bits per heavy atom. The number of aromatic nitrogens is 2. The Morgan fingerprint density at radius 2 is 1.73 bits per heavy atom. The number of piperazine rings is 1. The minimum atomic E-state index is 0.150. The van der Waals surface area contributed by atoms with Crippen molar-refractivity contribution in [2.45, 2.75) is 19.3 Å². The number of benzene rings is 1. The van der Waals surface area contributed by atoms with Gasteiger partial charge in [0.2, 0.25) is 11.9 Å². The largest absolute Gasteiger partial charge is 0.355 e. The highest BCUT2D eigenvalue weighted by molar-refractivity contribution is 5.75. The Bertz CT molecular complexity index is 656. The van der Waals surface area contributed by atoms with Gasteiger partial charge in [-0.05, 0) is 24.5 Å². The van der Waals surface area contributed by atoms with Gasteiger partial charge in [-0.2, -0.15) is 0 Å². The van der Waals surface area contributed by atoms with Gasteiger partial charge in [0.1, 0.15) is 0 Å². The first kappa shape index (κ1) is 18.3. The molecule has 1 aliphatic heterocycles. The fraction of sp³-hybridized carbons (Fsp3) is 0.450. The number of hydrogen-bond acceptors (Lipinski definition) is 5. The minimum absolute atomic E-state index is 0.150. The first-order chi connectivity index (χ1) is 12.8. The summed E-state index contributed by atoms with van der Waals surface area (Å²) >= 11 is 0. The first-order valence-electron chi connectivity index (χ1n) is 9.36. The van der Waals surface area contributed by atoms with E-state index in [0.717, 1.165) is 51.5 Å². The zero-order valence-electron chi connectivity index (χ0n) is 15.2. The number of amides is 1. The second-order valence-electron chi connectivity index (χ2n) is 6.57. The van der Waals surface area contributed by atoms with Crippen molar-refractivity contribution in [3.8, 4) is 0 Å². The molecular weight excluding hydrogens is 326 g/mol. The van der Waals surface area contributed by atoms with Gasteiger partial charge in [0, 0.05) is 58.1 Å². The maximum atomic E-state index is 12.0. The lowest BCUT2D eigenvalue weighted by Crippen LogP contribution is -2.49. The first-order valence-corrected chi connectivity index (χ1v) is 9.36. The second kappa shape index (κ2) is 9.87. The molecule has 1 saturated heterocycles. The molecule has 1 aromatic carbocycles. The molecule has 1 aliphatic rings. The number of nitrogens with zero attached hydrogens (tertiary/aromatic N) is 4. The molecule has 0 saturated carbocycles. The summed E-state index contributed by atoms with van der Waals surface area (Å²) in [5, 5.41) is 3.04. The van der Waals surface area contributed by atoms with Crippen molar-refractivity contribution in [1.82, 2.24) is 20.2 Å². The summed E-state index contributed by atoms with van der Waals surface area (Å²) in [4.78, 5) is 25.1. The van der Waals surface area contributed by atoms with Crippen molar-refractivity contribution in [2.75, 3.05) is 44.2 Å². The molecule has 1 aromatic heterocycles. The van der Waals surface area contributed by atoms with Crippen LogP contribution in [0.2, 0.25) is 0 Å². The fourth-order valence-corrected chi connectivity index (χ4v) is 3.17. The quantitative estimate of drug-likeness (QED) is 0.783. The van der Waals surface area contributed by atoms with Gasteiger partial charge in [-0.15, -0.1) is 0 Å². The zero-order valence-corrected chi connectivity index (χ0v) is 15.2. The highest BCUT2D eigenvalue weighted by Gasteiger charge is 2.18. The number of carbonyl (C=O) groups excluding carboxylic acids is 1. The molecule has 3 rings (SSSR count). The van der Waals surface area contributed by atoms with Crippen LogP contribution in [0, 0.1) is 0 Å². The molecule has 0 unspecified atom stereocenters. The van der Waals surface area contributed by atoms with Gasteiger partial charge in [-0.3, -0.25) is 9.69 Å². The van der Waals surface area contributed by atoms with E-state index >= 15 is 0 Å². The Labute approximate surface area is 155 Å². The van der Waals surface area contributed by atoms with E-state index in [0.29, 0.717) is 13.0 Å². The van der Waals surface area contributed by atoms with E-state index in [9.17, 15) is 4.79 Å². The molecule has 0 radical (unpaired) electrons. The number of aryl methyl sites for hydroxylation is 1. The van der Waals surface area contributed by atoms with Crippen LogP contribution in [0.1, 0.15) is 18.4 Å². The van der Waals surface area contributed by atoms with Gasteiger partial charge in [-0.25, -0.2) is 9.97 Å². The molecule has 2 heterocycles. The third-order valence-electron chi connectivity index (χ3n) is 4.67. The standard InChI is InChI=1S/C20H27N5O/c26-19(9-4-8-18-6-2-1-3-7-18)21-12-13-24-14-16-25(17-15-24)20-22-10-5-11-23-20/h1-3,5-7,10-11H,4,8-9,12-17H2,(H,21,26). The Morgan fingerprint density at radius 1 is 1.00 bits per heavy atom. The van der Waals surface area contributed by atoms with Crippen molar-refractivity contribution >= 4 is 11.9 Å². The summed E-state index contributed by atoms with van der Waals surface area (Å²) in [6.45, 7) is 5.41. The van der Waals surface area contributed by atoms with Crippen LogP contribution in [0.15, 0.2) is 48.8 Å². The van der Waals surface area contributed by atoms with Gasteiger partial charge < -0.3 is 10.2 Å². The smallest absolute Gasteiger partial charge is 0.225 e. The monoisotopic (exact) mass is 353 g/mol. The van der Waals surface area contributed by atoms with Crippen molar-refractivity contribution in [2.24, 2.45) is 0 Å². The number of nitrogens with one attached hydrogen (secondary N) is 1. The van der Waals surface area contributed by atoms with E-state index in [2.05, 4.69) is 37.2 Å². The molecule has 1 N–H and O–H groups in total. The number of hydrogen-bond donors (Lipinski definition) is 1. The van der Waals surface area contributed by atoms with E-state index in [-0.39, 0.29) is 5.91 Å². The number of carbonyl (C=O) groups is 1. The Kier molecular flexibility index (Phi) is 6.96. The zero-order chi connectivity index (χ0) is 18.0. The normalized spacial score (nSPS) is 15.0. The molecule has 26 heavy (non-hydrogen) atoms. The van der Waals surface area contributed by atoms with E-state index < -0.39 is 0 Å². The van der Waals surface area contributed by atoms with Gasteiger partial charge in [0.05, 0.1) is 0 Å². The predicted molar refractivity (Wildman–Crippen MR) is 103 cm³/mol. The molecule has 0 bridgehead atoms. The number of anilines is 1. The lowest BCUT2D eigenvalue weighted by atomic mass is 10.1. The van der Waals surface area contributed by atoms with Gasteiger partial charge in [0.25, 0.3) is 0 Å². The highest BCUT2D eigenvalue weighted by atomic mass is 16.1. The molecule has 0 atom stereocenters. The molecule has 1 amide bonds. The summed E-state index contributed by atoms with van der Waals surface area (Å²) in [6, 6.07) is 12.2. The summed E-state index contributed by atoms with van der Waals surface area (Å²) < 4.78 is 0. The predicted octanol–water partition coefficient (Wildman–Crippen LogP) is 1.74. The average Bonchev–Trinajstić information content (AvgIpc) is 2.70. The van der Waals surface area contributed by atoms with Crippen LogP contribution in [0.5, 0.6) is 0 Å². The van der Waals surface area contributed by atoms with Crippen LogP contribution in [0.4, 0.5) is 5.95 Å². The topological polar surface area (TPSA) is 61.4 Å². The summed E-state index contributed by atoms with van der Waals surface area (Å²) in [5.41, 5.74) is 1.29. The van der Waals surface area contributed by atoms with Crippen molar-refractivity contribution in [1.29, 1.82) is 0 Å². The van der Waals surface area contributed by atoms with Crippen LogP contribution in [0.3, 0.4) is 0 Å². The van der Waals surface area contributed by atoms with E-state index in [1.807, 2.05) is 24.3 Å². The van der Waals surface area contributed by atoms with Crippen LogP contribution < -0.4 is 10.2 Å². The highest BCUT2D eigenvalue weighted by Crippen LogP contribution is 2.09. The molecule has 1 fully saturated rings. The van der Waals surface area contributed by atoms with Crippen molar-refractivity contribution in [3.05, 3.63) is 54.4 Å². The molecule has 2 aromatic rings. The van der Waals surface area contributed by atoms with Crippen LogP contribution in [-0.4, -0.2) is 60.0 Å². The van der Waals surface area contributed by atoms with E-state index in [1.165, 1.54) is 5.56 Å². The van der Waals surface area contributed by atoms with Gasteiger partial charge >= 0.3 is 0 Å². The third kappa shape index (κ3) is 5.81. The summed E-state index contributed by atoms with van der Waals surface area (Å²) in [5.74, 6) is 0.955. The molecular formula is C20H27N5O. The van der Waals surface area contributed by atoms with E-state index in [1.54, 1.807) is 12.4 Å². The number of rotatable bonds is 8. The van der Waals surface area contributed by atoms with Gasteiger partial charge in [-0.1, -0.05) is 30.3 Å². The maximum absolute atomic E-state index is 12.0. The lowest BCUT2D eigenvalue weighted by Gasteiger charge is -2.34. The SMILES string of the molecule is O=C(CCCc1ccccc1)NCCN1CCN(c2ncccn2)CC1. The summed E-state index contributed by atoms with van der Waals surface area (Å²) in [7, 11) is 0. The third-order valence-corrected chi connectivity index (χ3v) is 4.67. The van der Waals surface area contributed by atoms with E-state index in [4.69, 9.17) is 0 Å². The minimum Gasteiger partial charge on any atom is -0.355 e. The molecule has 6 heteroatoms. The lowest BCUT2D eigenvalue weighted by molar-refractivity contribution is -0.121. The molecule has 138 valence electrons. The van der Waals surface area contributed by atoms with Crippen LogP contribution in [-0.2, 0) is 11.2 Å². The van der Waals surface area contributed by atoms with Gasteiger partial charge in [0.15, 0.2) is 0 Å². The molecule has 0 spiro atoms. The maximum Gasteiger partial charge on any atom is 0.225 e. The molecule has 6 nitrogen and oxygen atoms in total. The second-order valence-corrected chi connectivity index (χ2v) is 6.57. The van der Waals surface area contributed by atoms with Crippen LogP contribution in [0.25, 0.3) is 0 Å². The Hall–Kier alpha value is -2.47. The van der Waals surface area contributed by atoms with Crippen LogP contribution >= 0.6 is 0 Å². The fourth-order valence-electron chi connectivity index (χ4n) is 3.17. The Balaban J connectivity index is 1.26. The summed E-state index contributed by atoms with van der Waals surface area (Å²) in [6.07, 6.45) is 6.00.